The van der Waals surface area contributed by atoms with Gasteiger partial charge in [0.05, 0.1) is 18.8 Å². The predicted octanol–water partition coefficient (Wildman–Crippen LogP) is 6.16. The standard InChI is InChI=1S/C28H37NO4/c1-8-18-32-25-17-15-23(28(3,4)5)26(33-19-9-2)22(25)14-16-24(30)20-10-12-21(13-11-20)27(31)29(6)7/h10-17H,8-9,18-19H2,1-7H3/b16-14+. The molecular weight excluding hydrogens is 414 g/mol. The third-order valence-electron chi connectivity index (χ3n) is 5.10. The highest BCUT2D eigenvalue weighted by atomic mass is 16.5. The van der Waals surface area contributed by atoms with Crippen LogP contribution in [0.25, 0.3) is 6.08 Å². The average Bonchev–Trinajstić information content (AvgIpc) is 2.78. The summed E-state index contributed by atoms with van der Waals surface area (Å²) in [7, 11) is 3.40. The van der Waals surface area contributed by atoms with Gasteiger partial charge in [0.15, 0.2) is 5.78 Å². The fourth-order valence-electron chi connectivity index (χ4n) is 3.32. The molecule has 0 atom stereocenters. The molecule has 178 valence electrons. The lowest BCUT2D eigenvalue weighted by molar-refractivity contribution is 0.0827. The van der Waals surface area contributed by atoms with Crippen LogP contribution in [0.5, 0.6) is 11.5 Å². The summed E-state index contributed by atoms with van der Waals surface area (Å²) in [6.45, 7) is 11.7. The minimum Gasteiger partial charge on any atom is -0.493 e. The summed E-state index contributed by atoms with van der Waals surface area (Å²) in [5, 5.41) is 0. The second kappa shape index (κ2) is 11.7. The molecule has 1 amide bonds. The van der Waals surface area contributed by atoms with Gasteiger partial charge in [-0.3, -0.25) is 9.59 Å². The van der Waals surface area contributed by atoms with Gasteiger partial charge >= 0.3 is 0 Å². The Hall–Kier alpha value is -3.08. The quantitative estimate of drug-likeness (QED) is 0.321. The van der Waals surface area contributed by atoms with Crippen molar-refractivity contribution < 1.29 is 19.1 Å². The maximum atomic E-state index is 12.9. The molecule has 0 saturated heterocycles. The Kier molecular flexibility index (Phi) is 9.27. The number of amides is 1. The lowest BCUT2D eigenvalue weighted by Crippen LogP contribution is -2.21. The van der Waals surface area contributed by atoms with E-state index in [0.29, 0.717) is 30.1 Å². The molecule has 0 radical (unpaired) electrons. The van der Waals surface area contributed by atoms with Gasteiger partial charge in [0.1, 0.15) is 11.5 Å². The zero-order chi connectivity index (χ0) is 24.6. The minimum atomic E-state index is -0.150. The van der Waals surface area contributed by atoms with Gasteiger partial charge in [0, 0.05) is 30.8 Å². The maximum Gasteiger partial charge on any atom is 0.253 e. The highest BCUT2D eigenvalue weighted by Gasteiger charge is 2.23. The van der Waals surface area contributed by atoms with Gasteiger partial charge in [-0.2, -0.15) is 0 Å². The Bertz CT molecular complexity index is 982. The van der Waals surface area contributed by atoms with Crippen LogP contribution in [0.3, 0.4) is 0 Å². The molecule has 5 heteroatoms. The second-order valence-electron chi connectivity index (χ2n) is 9.28. The average molecular weight is 452 g/mol. The van der Waals surface area contributed by atoms with Crippen molar-refractivity contribution in [1.82, 2.24) is 4.90 Å². The number of rotatable bonds is 10. The molecule has 5 nitrogen and oxygen atoms in total. The van der Waals surface area contributed by atoms with E-state index in [9.17, 15) is 9.59 Å². The van der Waals surface area contributed by atoms with E-state index in [1.54, 1.807) is 50.5 Å². The molecule has 0 saturated carbocycles. The van der Waals surface area contributed by atoms with Crippen LogP contribution < -0.4 is 9.47 Å². The van der Waals surface area contributed by atoms with E-state index in [0.717, 1.165) is 29.7 Å². The smallest absolute Gasteiger partial charge is 0.253 e. The first-order valence-corrected chi connectivity index (χ1v) is 11.6. The van der Waals surface area contributed by atoms with Crippen LogP contribution in [0.2, 0.25) is 0 Å². The van der Waals surface area contributed by atoms with Crippen molar-refractivity contribution in [2.24, 2.45) is 0 Å². The monoisotopic (exact) mass is 451 g/mol. The van der Waals surface area contributed by atoms with Gasteiger partial charge in [0.2, 0.25) is 0 Å². The van der Waals surface area contributed by atoms with Gasteiger partial charge in [-0.15, -0.1) is 0 Å². The number of carbonyl (C=O) groups excluding carboxylic acids is 2. The molecule has 0 fully saturated rings. The number of ketones is 1. The van der Waals surface area contributed by atoms with Crippen LogP contribution in [0.15, 0.2) is 42.5 Å². The zero-order valence-corrected chi connectivity index (χ0v) is 21.0. The van der Waals surface area contributed by atoms with E-state index in [1.165, 1.54) is 4.90 Å². The number of carbonyl (C=O) groups is 2. The van der Waals surface area contributed by atoms with Crippen molar-refractivity contribution in [1.29, 1.82) is 0 Å². The van der Waals surface area contributed by atoms with Crippen molar-refractivity contribution in [3.05, 3.63) is 64.7 Å². The Morgan fingerprint density at radius 3 is 2.00 bits per heavy atom. The first-order valence-electron chi connectivity index (χ1n) is 11.6. The molecule has 33 heavy (non-hydrogen) atoms. The molecule has 0 heterocycles. The molecule has 0 bridgehead atoms. The van der Waals surface area contributed by atoms with E-state index in [-0.39, 0.29) is 17.1 Å². The van der Waals surface area contributed by atoms with Crippen LogP contribution in [0.1, 0.15) is 79.3 Å². The fraction of sp³-hybridized carbons (Fsp3) is 0.429. The molecule has 0 aliphatic heterocycles. The Balaban J connectivity index is 2.45. The number of nitrogens with zero attached hydrogens (tertiary/aromatic N) is 1. The van der Waals surface area contributed by atoms with Gasteiger partial charge in [-0.05, 0) is 48.6 Å². The van der Waals surface area contributed by atoms with Crippen molar-refractivity contribution in [2.45, 2.75) is 52.9 Å². The third-order valence-corrected chi connectivity index (χ3v) is 5.10. The first-order chi connectivity index (χ1) is 15.6. The number of benzene rings is 2. The number of hydrogen-bond donors (Lipinski definition) is 0. The van der Waals surface area contributed by atoms with Gasteiger partial charge in [-0.1, -0.05) is 52.8 Å². The van der Waals surface area contributed by atoms with E-state index in [4.69, 9.17) is 9.47 Å². The number of allylic oxidation sites excluding steroid dienone is 1. The number of ether oxygens (including phenoxy) is 2. The second-order valence-corrected chi connectivity index (χ2v) is 9.28. The summed E-state index contributed by atoms with van der Waals surface area (Å²) in [6.07, 6.45) is 5.09. The SMILES string of the molecule is CCCOc1ccc(C(C)(C)C)c(OCCC)c1/C=C/C(=O)c1ccc(C(=O)N(C)C)cc1. The number of hydrogen-bond acceptors (Lipinski definition) is 4. The molecule has 2 aromatic rings. The minimum absolute atomic E-state index is 0.0982. The van der Waals surface area contributed by atoms with E-state index in [1.807, 2.05) is 6.07 Å². The molecule has 0 aliphatic carbocycles. The van der Waals surface area contributed by atoms with Crippen LogP contribution in [-0.4, -0.2) is 43.9 Å². The molecule has 0 spiro atoms. The molecule has 0 N–H and O–H groups in total. The first kappa shape index (κ1) is 26.2. The topological polar surface area (TPSA) is 55.8 Å². The van der Waals surface area contributed by atoms with Crippen molar-refractivity contribution in [3.63, 3.8) is 0 Å². The van der Waals surface area contributed by atoms with Crippen LogP contribution >= 0.6 is 0 Å². The van der Waals surface area contributed by atoms with Crippen LogP contribution in [0.4, 0.5) is 0 Å². The maximum absolute atomic E-state index is 12.9. The highest BCUT2D eigenvalue weighted by Crippen LogP contribution is 2.40. The van der Waals surface area contributed by atoms with Gasteiger partial charge in [-0.25, -0.2) is 0 Å². The van der Waals surface area contributed by atoms with Gasteiger partial charge < -0.3 is 14.4 Å². The highest BCUT2D eigenvalue weighted by molar-refractivity contribution is 6.07. The van der Waals surface area contributed by atoms with Crippen LogP contribution in [-0.2, 0) is 5.41 Å². The van der Waals surface area contributed by atoms with E-state index < -0.39 is 0 Å². The zero-order valence-electron chi connectivity index (χ0n) is 21.0. The summed E-state index contributed by atoms with van der Waals surface area (Å²) in [4.78, 5) is 26.5. The molecule has 0 unspecified atom stereocenters. The van der Waals surface area contributed by atoms with Crippen molar-refractivity contribution >= 4 is 17.8 Å². The summed E-state index contributed by atoms with van der Waals surface area (Å²) >= 11 is 0. The molecule has 2 aromatic carbocycles. The predicted molar refractivity (Wildman–Crippen MR) is 135 cm³/mol. The van der Waals surface area contributed by atoms with Crippen molar-refractivity contribution in [2.75, 3.05) is 27.3 Å². The van der Waals surface area contributed by atoms with E-state index in [2.05, 4.69) is 40.7 Å². The van der Waals surface area contributed by atoms with Gasteiger partial charge in [0.25, 0.3) is 5.91 Å². The Morgan fingerprint density at radius 2 is 1.45 bits per heavy atom. The van der Waals surface area contributed by atoms with Crippen LogP contribution in [0, 0.1) is 0 Å². The Morgan fingerprint density at radius 1 is 0.879 bits per heavy atom. The summed E-state index contributed by atoms with van der Waals surface area (Å²) < 4.78 is 12.2. The fourth-order valence-corrected chi connectivity index (χ4v) is 3.32. The summed E-state index contributed by atoms with van der Waals surface area (Å²) in [5.74, 6) is 1.21. The largest absolute Gasteiger partial charge is 0.493 e. The summed E-state index contributed by atoms with van der Waals surface area (Å²) in [5.41, 5.74) is 2.77. The summed E-state index contributed by atoms with van der Waals surface area (Å²) in [6, 6.07) is 10.7. The molecule has 0 aromatic heterocycles. The van der Waals surface area contributed by atoms with Crippen molar-refractivity contribution in [3.8, 4) is 11.5 Å². The lowest BCUT2D eigenvalue weighted by Gasteiger charge is -2.25. The molecule has 0 aliphatic rings. The molecular formula is C28H37NO4. The van der Waals surface area contributed by atoms with E-state index >= 15 is 0 Å². The molecule has 2 rings (SSSR count). The lowest BCUT2D eigenvalue weighted by atomic mass is 9.84. The third kappa shape index (κ3) is 6.95. The normalized spacial score (nSPS) is 11.5. The Labute approximate surface area is 198 Å².